The van der Waals surface area contributed by atoms with Crippen molar-refractivity contribution in [3.63, 3.8) is 0 Å². The Morgan fingerprint density at radius 2 is 1.67 bits per heavy atom. The van der Waals surface area contributed by atoms with Gasteiger partial charge >= 0.3 is 0 Å². The van der Waals surface area contributed by atoms with Crippen molar-refractivity contribution in [1.82, 2.24) is 10.6 Å². The van der Waals surface area contributed by atoms with E-state index in [1.807, 2.05) is 87.2 Å². The summed E-state index contributed by atoms with van der Waals surface area (Å²) < 4.78 is 31.4. The maximum Gasteiger partial charge on any atom is 0.220 e. The van der Waals surface area contributed by atoms with E-state index >= 15 is 0 Å². The fraction of sp³-hybridized carbons (Fsp3) is 0.463. The molecule has 1 unspecified atom stereocenters. The molecule has 2 aromatic rings. The Kier molecular flexibility index (Phi) is 29.5. The van der Waals surface area contributed by atoms with Gasteiger partial charge in [-0.1, -0.05) is 94.8 Å². The van der Waals surface area contributed by atoms with Gasteiger partial charge in [0, 0.05) is 45.5 Å². The molecule has 0 aliphatic rings. The Morgan fingerprint density at radius 1 is 1.08 bits per heavy atom. The van der Waals surface area contributed by atoms with Gasteiger partial charge in [0.15, 0.2) is 0 Å². The van der Waals surface area contributed by atoms with Crippen LogP contribution >= 0.6 is 0 Å². The van der Waals surface area contributed by atoms with Gasteiger partial charge in [0.25, 0.3) is 0 Å². The molecule has 0 saturated heterocycles. The van der Waals surface area contributed by atoms with Gasteiger partial charge in [-0.15, -0.1) is 0 Å². The van der Waals surface area contributed by atoms with Crippen molar-refractivity contribution in [3.05, 3.63) is 114 Å². The lowest BCUT2D eigenvalue weighted by Crippen LogP contribution is -2.44. The van der Waals surface area contributed by atoms with Crippen molar-refractivity contribution in [2.75, 3.05) is 25.1 Å². The van der Waals surface area contributed by atoms with E-state index in [0.29, 0.717) is 37.3 Å². The minimum Gasteiger partial charge on any atom is -0.389 e. The summed E-state index contributed by atoms with van der Waals surface area (Å²) in [6.45, 7) is 19.6. The number of aliphatic hydroxyl groups is 1. The van der Waals surface area contributed by atoms with E-state index < -0.39 is 23.4 Å². The molecule has 0 radical (unpaired) electrons. The number of nitrogens with one attached hydrogen (secondary N) is 2. The first kappa shape index (κ1) is 50.1. The molecule has 0 bridgehead atoms. The highest BCUT2D eigenvalue weighted by Crippen LogP contribution is 2.23. The number of halogens is 2. The summed E-state index contributed by atoms with van der Waals surface area (Å²) in [5.74, 6) is -1.15. The van der Waals surface area contributed by atoms with E-state index in [9.17, 15) is 18.7 Å². The zero-order chi connectivity index (χ0) is 40.0. The zero-order valence-corrected chi connectivity index (χ0v) is 33.0. The SMILES string of the molecule is C=C(C)/C(CCCC)=C(F)\C=C(/C)F.CC.CCC(C)(N)N.CN=CN(/C=C/NC(C)=O)c1ccccc1CNCC(O)COCc1ccccc1. The number of ether oxygens (including phenoxy) is 1. The number of rotatable bonds is 18. The van der Waals surface area contributed by atoms with Crippen molar-refractivity contribution < 1.29 is 23.4 Å². The van der Waals surface area contributed by atoms with Crippen LogP contribution in [-0.4, -0.2) is 49.3 Å². The number of unbranched alkanes of at least 4 members (excludes halogenated alkanes) is 1. The summed E-state index contributed by atoms with van der Waals surface area (Å²) in [4.78, 5) is 17.0. The van der Waals surface area contributed by atoms with Crippen LogP contribution in [0.2, 0.25) is 0 Å². The summed E-state index contributed by atoms with van der Waals surface area (Å²) in [6, 6.07) is 17.7. The highest BCUT2D eigenvalue weighted by atomic mass is 19.1. The molecule has 0 heterocycles. The second-order valence-corrected chi connectivity index (χ2v) is 12.0. The zero-order valence-electron chi connectivity index (χ0n) is 33.0. The van der Waals surface area contributed by atoms with E-state index in [0.717, 1.165) is 42.2 Å². The lowest BCUT2D eigenvalue weighted by Gasteiger charge is -2.20. The largest absolute Gasteiger partial charge is 0.389 e. The van der Waals surface area contributed by atoms with Gasteiger partial charge in [-0.2, -0.15) is 0 Å². The predicted octanol–water partition coefficient (Wildman–Crippen LogP) is 8.33. The maximum absolute atomic E-state index is 13.4. The van der Waals surface area contributed by atoms with Gasteiger partial charge in [-0.3, -0.25) is 9.79 Å². The van der Waals surface area contributed by atoms with Gasteiger partial charge in [0.05, 0.1) is 42.8 Å². The maximum atomic E-state index is 13.4. The van der Waals surface area contributed by atoms with Crippen molar-refractivity contribution in [3.8, 4) is 0 Å². The summed E-state index contributed by atoms with van der Waals surface area (Å²) in [7, 11) is 1.69. The second-order valence-electron chi connectivity index (χ2n) is 12.0. The van der Waals surface area contributed by atoms with Crippen LogP contribution in [0, 0.1) is 0 Å². The summed E-state index contributed by atoms with van der Waals surface area (Å²) in [5, 5.41) is 16.1. The van der Waals surface area contributed by atoms with Crippen molar-refractivity contribution in [2.24, 2.45) is 16.5 Å². The molecule has 0 saturated carbocycles. The van der Waals surface area contributed by atoms with E-state index in [2.05, 4.69) is 22.2 Å². The molecule has 0 aliphatic heterocycles. The summed E-state index contributed by atoms with van der Waals surface area (Å²) >= 11 is 0. The van der Waals surface area contributed by atoms with Gasteiger partial charge in [0.1, 0.15) is 5.83 Å². The van der Waals surface area contributed by atoms with E-state index in [1.54, 1.807) is 39.6 Å². The average molecular weight is 729 g/mol. The van der Waals surface area contributed by atoms with Crippen molar-refractivity contribution in [1.29, 1.82) is 0 Å². The first-order chi connectivity index (χ1) is 24.6. The standard InChI is InChI=1S/C23H30N4O3.C12H18F2.C4H12N2.C2H6/c1-19(28)26-12-13-27(18-24-2)23-11-7-6-10-21(23)14-25-15-22(29)17-30-16-20-8-4-3-5-9-20;1-5-6-7-11(9(2)3)12(14)8-10(4)13;1-3-4(2,5)6;1-2/h3-13,18,22,25,29H,14-17H2,1-2H3,(H,26,28);8H,2,5-7H2,1,3-4H3;3,5-6H2,1-2H3;1-2H3/b13-12+,24-18?;10-8+,12-11+;;. The number of amides is 1. The highest BCUT2D eigenvalue weighted by molar-refractivity contribution is 5.83. The molecule has 0 spiro atoms. The Bertz CT molecular complexity index is 1370. The van der Waals surface area contributed by atoms with E-state index in [1.165, 1.54) is 13.8 Å². The molecule has 7 N–H and O–H groups in total. The number of hydrogen-bond acceptors (Lipinski definition) is 7. The number of carbonyl (C=O) groups is 1. The Hall–Kier alpha value is -4.00. The molecule has 9 nitrogen and oxygen atoms in total. The number of aliphatic hydroxyl groups excluding tert-OH is 1. The van der Waals surface area contributed by atoms with Crippen molar-refractivity contribution >= 4 is 17.9 Å². The third-order valence-corrected chi connectivity index (χ3v) is 6.82. The first-order valence-electron chi connectivity index (χ1n) is 17.8. The average Bonchev–Trinajstić information content (AvgIpc) is 3.09. The van der Waals surface area contributed by atoms with Crippen LogP contribution in [0.15, 0.2) is 107 Å². The fourth-order valence-corrected chi connectivity index (χ4v) is 3.92. The molecule has 11 heteroatoms. The van der Waals surface area contributed by atoms with Crippen LogP contribution < -0.4 is 27.0 Å². The van der Waals surface area contributed by atoms with Crippen LogP contribution in [0.3, 0.4) is 0 Å². The second kappa shape index (κ2) is 30.6. The lowest BCUT2D eigenvalue weighted by molar-refractivity contribution is -0.118. The molecular weight excluding hydrogens is 662 g/mol. The molecule has 2 rings (SSSR count). The number of nitrogens with zero attached hydrogens (tertiary/aromatic N) is 2. The van der Waals surface area contributed by atoms with Crippen LogP contribution in [0.5, 0.6) is 0 Å². The monoisotopic (exact) mass is 729 g/mol. The minimum absolute atomic E-state index is 0.141. The summed E-state index contributed by atoms with van der Waals surface area (Å²) in [6.07, 6.45) is 8.63. The van der Waals surface area contributed by atoms with Crippen molar-refractivity contribution in [2.45, 2.75) is 106 Å². The smallest absolute Gasteiger partial charge is 0.220 e. The van der Waals surface area contributed by atoms with Crippen LogP contribution in [0.25, 0.3) is 0 Å². The number of allylic oxidation sites excluding steroid dienone is 5. The van der Waals surface area contributed by atoms with E-state index in [4.69, 9.17) is 16.2 Å². The number of benzene rings is 2. The number of aliphatic imine (C=N–C) groups is 1. The van der Waals surface area contributed by atoms with Crippen LogP contribution in [-0.2, 0) is 22.7 Å². The summed E-state index contributed by atoms with van der Waals surface area (Å²) in [5.41, 5.74) is 14.4. The third kappa shape index (κ3) is 26.8. The molecule has 0 fully saturated rings. The van der Waals surface area contributed by atoms with Gasteiger partial charge in [0.2, 0.25) is 5.91 Å². The number of anilines is 1. The highest BCUT2D eigenvalue weighted by Gasteiger charge is 2.10. The first-order valence-corrected chi connectivity index (χ1v) is 17.8. The van der Waals surface area contributed by atoms with Gasteiger partial charge in [-0.25, -0.2) is 8.78 Å². The topological polar surface area (TPSA) is 138 Å². The lowest BCUT2D eigenvalue weighted by atomic mass is 10.0. The molecule has 1 atom stereocenters. The predicted molar refractivity (Wildman–Crippen MR) is 216 cm³/mol. The number of nitrogens with two attached hydrogens (primary N) is 2. The normalized spacial score (nSPS) is 12.4. The third-order valence-electron chi connectivity index (χ3n) is 6.82. The Balaban J connectivity index is 0. The quantitative estimate of drug-likeness (QED) is 0.0450. The number of carbonyl (C=O) groups excluding carboxylic acids is 1. The molecular formula is C41H66F2N6O3. The number of hydrogen-bond donors (Lipinski definition) is 5. The Labute approximate surface area is 312 Å². The molecule has 292 valence electrons. The van der Waals surface area contributed by atoms with Gasteiger partial charge in [-0.05, 0) is 62.8 Å². The number of para-hydroxylation sites is 1. The van der Waals surface area contributed by atoms with Gasteiger partial charge < -0.3 is 36.8 Å². The molecule has 0 aromatic heterocycles. The minimum atomic E-state index is -0.603. The van der Waals surface area contributed by atoms with Crippen LogP contribution in [0.4, 0.5) is 14.5 Å². The molecule has 52 heavy (non-hydrogen) atoms. The Morgan fingerprint density at radius 3 is 2.19 bits per heavy atom. The van der Waals surface area contributed by atoms with Crippen LogP contribution in [0.1, 0.15) is 92.2 Å². The molecule has 1 amide bonds. The fourth-order valence-electron chi connectivity index (χ4n) is 3.92. The molecule has 2 aromatic carbocycles. The van der Waals surface area contributed by atoms with E-state index in [-0.39, 0.29) is 12.5 Å². The molecule has 0 aliphatic carbocycles.